The Hall–Kier alpha value is -1.79. The summed E-state index contributed by atoms with van der Waals surface area (Å²) in [6, 6.07) is -1.74. The first-order valence-electron chi connectivity index (χ1n) is 6.73. The van der Waals surface area contributed by atoms with Gasteiger partial charge in [-0.2, -0.15) is 0 Å². The Labute approximate surface area is 118 Å². The molecule has 2 atom stereocenters. The van der Waals surface area contributed by atoms with Crippen molar-refractivity contribution in [3.05, 3.63) is 0 Å². The lowest BCUT2D eigenvalue weighted by Crippen LogP contribution is -2.59. The molecule has 1 heterocycles. The van der Waals surface area contributed by atoms with Gasteiger partial charge in [-0.15, -0.1) is 0 Å². The lowest BCUT2D eigenvalue weighted by Gasteiger charge is -2.44. The van der Waals surface area contributed by atoms with Crippen molar-refractivity contribution in [2.75, 3.05) is 6.54 Å². The summed E-state index contributed by atoms with van der Waals surface area (Å²) in [5.74, 6) is -1.51. The van der Waals surface area contributed by atoms with Crippen molar-refractivity contribution >= 4 is 17.9 Å². The summed E-state index contributed by atoms with van der Waals surface area (Å²) in [5.41, 5.74) is 4.59. The summed E-state index contributed by atoms with van der Waals surface area (Å²) < 4.78 is 0. The number of primary amides is 1. The van der Waals surface area contributed by atoms with Gasteiger partial charge in [0.25, 0.3) is 0 Å². The number of likely N-dealkylation sites (tertiary alicyclic amines) is 1. The van der Waals surface area contributed by atoms with Gasteiger partial charge in [0.1, 0.15) is 6.04 Å². The van der Waals surface area contributed by atoms with Crippen LogP contribution in [0, 0.1) is 5.41 Å². The number of carboxylic acid groups (broad SMARTS) is 1. The van der Waals surface area contributed by atoms with E-state index in [1.807, 2.05) is 13.8 Å². The quantitative estimate of drug-likeness (QED) is 0.699. The van der Waals surface area contributed by atoms with E-state index in [-0.39, 0.29) is 6.42 Å². The molecule has 0 aromatic heterocycles. The van der Waals surface area contributed by atoms with E-state index in [4.69, 9.17) is 5.73 Å². The number of rotatable bonds is 4. The minimum absolute atomic E-state index is 0.0285. The number of nitrogens with one attached hydrogen (secondary N) is 1. The van der Waals surface area contributed by atoms with Crippen molar-refractivity contribution in [1.29, 1.82) is 0 Å². The largest absolute Gasteiger partial charge is 0.480 e. The number of carbonyl (C=O) groups is 3. The highest BCUT2D eigenvalue weighted by molar-refractivity contribution is 5.84. The van der Waals surface area contributed by atoms with Gasteiger partial charge < -0.3 is 21.1 Å². The lowest BCUT2D eigenvalue weighted by atomic mass is 9.76. The molecular formula is C13H23N3O4. The van der Waals surface area contributed by atoms with Gasteiger partial charge in [0.05, 0.1) is 0 Å². The van der Waals surface area contributed by atoms with Gasteiger partial charge in [0, 0.05) is 19.0 Å². The zero-order valence-electron chi connectivity index (χ0n) is 12.2. The Morgan fingerprint density at radius 2 is 2.05 bits per heavy atom. The van der Waals surface area contributed by atoms with Gasteiger partial charge in [-0.3, -0.25) is 4.79 Å². The second-order valence-electron chi connectivity index (χ2n) is 6.05. The van der Waals surface area contributed by atoms with Crippen molar-refractivity contribution < 1.29 is 19.5 Å². The molecule has 0 radical (unpaired) electrons. The van der Waals surface area contributed by atoms with E-state index in [2.05, 4.69) is 5.32 Å². The number of nitrogens with zero attached hydrogens (tertiary/aromatic N) is 1. The zero-order chi connectivity index (χ0) is 15.5. The highest BCUT2D eigenvalue weighted by atomic mass is 16.4. The minimum atomic E-state index is -1.01. The molecule has 2 unspecified atom stereocenters. The van der Waals surface area contributed by atoms with Gasteiger partial charge in [0.15, 0.2) is 0 Å². The zero-order valence-corrected chi connectivity index (χ0v) is 12.2. The number of urea groups is 1. The summed E-state index contributed by atoms with van der Waals surface area (Å²) >= 11 is 0. The number of hydrogen-bond acceptors (Lipinski definition) is 3. The van der Waals surface area contributed by atoms with Crippen LogP contribution in [0.25, 0.3) is 0 Å². The smallest absolute Gasteiger partial charge is 0.327 e. The fourth-order valence-electron chi connectivity index (χ4n) is 2.73. The SMILES string of the molecule is CC(CC(N)=O)NC(=O)N1CCCC(C)(C)C1C(=O)O. The molecule has 0 aromatic rings. The molecule has 1 saturated heterocycles. The predicted octanol–water partition coefficient (Wildman–Crippen LogP) is 0.535. The van der Waals surface area contributed by atoms with Gasteiger partial charge in [-0.25, -0.2) is 9.59 Å². The van der Waals surface area contributed by atoms with E-state index in [1.54, 1.807) is 6.92 Å². The summed E-state index contributed by atoms with van der Waals surface area (Å²) in [7, 11) is 0. The third kappa shape index (κ3) is 3.85. The lowest BCUT2D eigenvalue weighted by molar-refractivity contribution is -0.148. The van der Waals surface area contributed by atoms with Crippen molar-refractivity contribution in [3.8, 4) is 0 Å². The van der Waals surface area contributed by atoms with Crippen LogP contribution >= 0.6 is 0 Å². The maximum absolute atomic E-state index is 12.2. The maximum atomic E-state index is 12.2. The highest BCUT2D eigenvalue weighted by Gasteiger charge is 2.44. The molecular weight excluding hydrogens is 262 g/mol. The van der Waals surface area contributed by atoms with Gasteiger partial charge in [-0.05, 0) is 25.2 Å². The van der Waals surface area contributed by atoms with Crippen molar-refractivity contribution in [3.63, 3.8) is 0 Å². The average molecular weight is 285 g/mol. The van der Waals surface area contributed by atoms with Crippen LogP contribution in [0.4, 0.5) is 4.79 Å². The monoisotopic (exact) mass is 285 g/mol. The van der Waals surface area contributed by atoms with Gasteiger partial charge in [0.2, 0.25) is 5.91 Å². The Morgan fingerprint density at radius 1 is 1.45 bits per heavy atom. The molecule has 0 aromatic carbocycles. The van der Waals surface area contributed by atoms with Gasteiger partial charge >= 0.3 is 12.0 Å². The first-order valence-corrected chi connectivity index (χ1v) is 6.73. The molecule has 7 nitrogen and oxygen atoms in total. The molecule has 0 spiro atoms. The number of hydrogen-bond donors (Lipinski definition) is 3. The number of aliphatic carboxylic acids is 1. The van der Waals surface area contributed by atoms with E-state index >= 15 is 0 Å². The summed E-state index contributed by atoms with van der Waals surface area (Å²) in [6.45, 7) is 5.75. The molecule has 0 saturated carbocycles. The molecule has 3 amide bonds. The Morgan fingerprint density at radius 3 is 2.55 bits per heavy atom. The van der Waals surface area contributed by atoms with Crippen molar-refractivity contribution in [2.45, 2.75) is 52.1 Å². The maximum Gasteiger partial charge on any atom is 0.327 e. The summed E-state index contributed by atoms with van der Waals surface area (Å²) in [6.07, 6.45) is 1.54. The van der Waals surface area contributed by atoms with Crippen LogP contribution in [0.2, 0.25) is 0 Å². The van der Waals surface area contributed by atoms with Gasteiger partial charge in [-0.1, -0.05) is 13.8 Å². The highest BCUT2D eigenvalue weighted by Crippen LogP contribution is 2.35. The fourth-order valence-corrected chi connectivity index (χ4v) is 2.73. The Kier molecular flexibility index (Phi) is 4.97. The minimum Gasteiger partial charge on any atom is -0.480 e. The van der Waals surface area contributed by atoms with E-state index in [1.165, 1.54) is 4.90 Å². The summed E-state index contributed by atoms with van der Waals surface area (Å²) in [4.78, 5) is 35.8. The standard InChI is InChI=1S/C13H23N3O4/c1-8(7-9(14)17)15-12(20)16-6-4-5-13(2,3)10(16)11(18)19/h8,10H,4-7H2,1-3H3,(H2,14,17)(H,15,20)(H,18,19). The van der Waals surface area contributed by atoms with E-state index in [0.29, 0.717) is 6.54 Å². The van der Waals surface area contributed by atoms with Crippen LogP contribution in [0.5, 0.6) is 0 Å². The predicted molar refractivity (Wildman–Crippen MR) is 72.9 cm³/mol. The molecule has 1 fully saturated rings. The average Bonchev–Trinajstić information content (AvgIpc) is 2.24. The molecule has 0 aliphatic carbocycles. The molecule has 1 aliphatic rings. The number of amides is 3. The Bertz CT molecular complexity index is 408. The third-order valence-electron chi connectivity index (χ3n) is 3.64. The van der Waals surface area contributed by atoms with E-state index in [9.17, 15) is 19.5 Å². The first-order chi connectivity index (χ1) is 9.15. The molecule has 0 bridgehead atoms. The molecule has 20 heavy (non-hydrogen) atoms. The second-order valence-corrected chi connectivity index (χ2v) is 6.05. The second kappa shape index (κ2) is 6.11. The molecule has 4 N–H and O–H groups in total. The molecule has 1 aliphatic heterocycles. The summed E-state index contributed by atoms with van der Waals surface area (Å²) in [5, 5.41) is 12.0. The van der Waals surface area contributed by atoms with E-state index < -0.39 is 35.4 Å². The number of nitrogens with two attached hydrogens (primary N) is 1. The van der Waals surface area contributed by atoms with Crippen LogP contribution in [-0.2, 0) is 9.59 Å². The molecule has 114 valence electrons. The molecule has 1 rings (SSSR count). The van der Waals surface area contributed by atoms with Crippen LogP contribution in [0.1, 0.15) is 40.0 Å². The normalized spacial score (nSPS) is 22.9. The first kappa shape index (κ1) is 16.3. The molecule has 7 heteroatoms. The number of carboxylic acids is 1. The third-order valence-corrected chi connectivity index (χ3v) is 3.64. The topological polar surface area (TPSA) is 113 Å². The Balaban J connectivity index is 2.79. The van der Waals surface area contributed by atoms with E-state index in [0.717, 1.165) is 12.8 Å². The van der Waals surface area contributed by atoms with Crippen molar-refractivity contribution in [2.24, 2.45) is 11.1 Å². The van der Waals surface area contributed by atoms with Crippen LogP contribution in [0.15, 0.2) is 0 Å². The van der Waals surface area contributed by atoms with Crippen molar-refractivity contribution in [1.82, 2.24) is 10.2 Å². The number of carbonyl (C=O) groups excluding carboxylic acids is 2. The van der Waals surface area contributed by atoms with Crippen LogP contribution in [-0.4, -0.2) is 46.5 Å². The number of piperidine rings is 1. The van der Waals surface area contributed by atoms with Crippen LogP contribution < -0.4 is 11.1 Å². The van der Waals surface area contributed by atoms with Crippen LogP contribution in [0.3, 0.4) is 0 Å². The fraction of sp³-hybridized carbons (Fsp3) is 0.769.